The van der Waals surface area contributed by atoms with Gasteiger partial charge < -0.3 is 20.3 Å². The van der Waals surface area contributed by atoms with Crippen LogP contribution >= 0.6 is 0 Å². The number of carbonyl (C=O) groups is 2. The van der Waals surface area contributed by atoms with Crippen LogP contribution in [0.25, 0.3) is 0 Å². The van der Waals surface area contributed by atoms with E-state index in [1.165, 1.54) is 180 Å². The lowest BCUT2D eigenvalue weighted by Gasteiger charge is -2.22. The van der Waals surface area contributed by atoms with E-state index in [1.807, 2.05) is 6.08 Å². The van der Waals surface area contributed by atoms with Crippen molar-refractivity contribution in [3.63, 3.8) is 0 Å². The third-order valence-electron chi connectivity index (χ3n) is 11.8. The highest BCUT2D eigenvalue weighted by atomic mass is 16.5. The number of rotatable bonds is 47. The van der Waals surface area contributed by atoms with Gasteiger partial charge in [0.15, 0.2) is 0 Å². The van der Waals surface area contributed by atoms with Gasteiger partial charge in [-0.3, -0.25) is 9.59 Å². The zero-order chi connectivity index (χ0) is 42.3. The predicted molar refractivity (Wildman–Crippen MR) is 250 cm³/mol. The average Bonchev–Trinajstić information content (AvgIpc) is 3.22. The van der Waals surface area contributed by atoms with Gasteiger partial charge in [0.25, 0.3) is 0 Å². The fourth-order valence-electron chi connectivity index (χ4n) is 7.81. The summed E-state index contributed by atoms with van der Waals surface area (Å²) in [6.45, 7) is 4.88. The number of aliphatic hydroxyl groups excluding tert-OH is 2. The number of hydrogen-bond acceptors (Lipinski definition) is 5. The topological polar surface area (TPSA) is 95.9 Å². The molecule has 0 radical (unpaired) electrons. The number of amides is 1. The van der Waals surface area contributed by atoms with Crippen molar-refractivity contribution in [1.82, 2.24) is 5.32 Å². The molecule has 6 nitrogen and oxygen atoms in total. The van der Waals surface area contributed by atoms with Crippen LogP contribution in [-0.4, -0.2) is 47.4 Å². The van der Waals surface area contributed by atoms with Crippen molar-refractivity contribution in [2.75, 3.05) is 13.2 Å². The summed E-state index contributed by atoms with van der Waals surface area (Å²) in [4.78, 5) is 24.4. The molecule has 0 aromatic heterocycles. The first-order chi connectivity index (χ1) is 28.5. The third-order valence-corrected chi connectivity index (χ3v) is 11.8. The molecule has 0 saturated heterocycles. The van der Waals surface area contributed by atoms with Gasteiger partial charge in [-0.15, -0.1) is 0 Å². The normalized spacial score (nSPS) is 12.8. The maximum Gasteiger partial charge on any atom is 0.305 e. The van der Waals surface area contributed by atoms with Gasteiger partial charge in [-0.25, -0.2) is 0 Å². The van der Waals surface area contributed by atoms with Crippen molar-refractivity contribution < 1.29 is 24.5 Å². The van der Waals surface area contributed by atoms with Crippen LogP contribution in [0.4, 0.5) is 0 Å². The monoisotopic (exact) mass is 818 g/mol. The molecule has 0 aliphatic carbocycles. The first-order valence-corrected chi connectivity index (χ1v) is 25.6. The van der Waals surface area contributed by atoms with Gasteiger partial charge >= 0.3 is 5.97 Å². The standard InChI is InChI=1S/C52H99NO5/c1-3-5-7-9-11-13-15-16-17-18-19-22-26-30-34-38-42-46-52(57)58-47-43-39-35-31-27-23-20-21-25-29-33-37-41-45-51(56)53-49(48-54)50(55)44-40-36-32-28-24-14-12-10-8-6-4-2/h21,25,33,37,49-50,54-55H,3-20,22-24,26-32,34-36,38-48H2,1-2H3,(H,53,56)/b25-21-,37-33-. The molecule has 342 valence electrons. The molecule has 0 aromatic carbocycles. The fourth-order valence-corrected chi connectivity index (χ4v) is 7.81. The van der Waals surface area contributed by atoms with Crippen molar-refractivity contribution in [2.24, 2.45) is 0 Å². The van der Waals surface area contributed by atoms with Gasteiger partial charge in [0.05, 0.1) is 25.4 Å². The van der Waals surface area contributed by atoms with Gasteiger partial charge in [0.2, 0.25) is 5.91 Å². The van der Waals surface area contributed by atoms with E-state index in [2.05, 4.69) is 37.4 Å². The van der Waals surface area contributed by atoms with Gasteiger partial charge in [-0.2, -0.15) is 0 Å². The molecule has 58 heavy (non-hydrogen) atoms. The molecular weight excluding hydrogens is 719 g/mol. The summed E-state index contributed by atoms with van der Waals surface area (Å²) in [7, 11) is 0. The average molecular weight is 818 g/mol. The van der Waals surface area contributed by atoms with E-state index in [4.69, 9.17) is 4.74 Å². The lowest BCUT2D eigenvalue weighted by Crippen LogP contribution is -2.45. The van der Waals surface area contributed by atoms with E-state index in [0.717, 1.165) is 51.4 Å². The number of carbonyl (C=O) groups excluding carboxylic acids is 2. The van der Waals surface area contributed by atoms with Crippen LogP contribution in [0.5, 0.6) is 0 Å². The smallest absolute Gasteiger partial charge is 0.305 e. The van der Waals surface area contributed by atoms with Crippen LogP contribution in [0.2, 0.25) is 0 Å². The van der Waals surface area contributed by atoms with Crippen molar-refractivity contribution in [2.45, 2.75) is 283 Å². The molecule has 0 fully saturated rings. The molecule has 0 bridgehead atoms. The Kier molecular flexibility index (Phi) is 46.6. The van der Waals surface area contributed by atoms with Crippen molar-refractivity contribution in [3.8, 4) is 0 Å². The van der Waals surface area contributed by atoms with E-state index in [1.54, 1.807) is 0 Å². The molecular formula is C52H99NO5. The molecule has 0 aliphatic rings. The van der Waals surface area contributed by atoms with Gasteiger partial charge in [0, 0.05) is 12.8 Å². The number of nitrogens with one attached hydrogen (secondary N) is 1. The van der Waals surface area contributed by atoms with E-state index < -0.39 is 12.1 Å². The van der Waals surface area contributed by atoms with Crippen molar-refractivity contribution in [1.29, 1.82) is 0 Å². The number of unbranched alkanes of at least 4 members (excludes halogenated alkanes) is 32. The minimum atomic E-state index is -0.697. The predicted octanol–water partition coefficient (Wildman–Crippen LogP) is 15.1. The molecule has 0 rings (SSSR count). The van der Waals surface area contributed by atoms with Crippen LogP contribution in [0.1, 0.15) is 271 Å². The quantitative estimate of drug-likeness (QED) is 0.0323. The van der Waals surface area contributed by atoms with Gasteiger partial charge in [0.1, 0.15) is 0 Å². The highest BCUT2D eigenvalue weighted by Crippen LogP contribution is 2.16. The number of ether oxygens (including phenoxy) is 1. The molecule has 0 saturated carbocycles. The minimum Gasteiger partial charge on any atom is -0.466 e. The molecule has 1 amide bonds. The van der Waals surface area contributed by atoms with Crippen LogP contribution in [0.15, 0.2) is 24.3 Å². The third kappa shape index (κ3) is 43.9. The van der Waals surface area contributed by atoms with E-state index in [0.29, 0.717) is 32.3 Å². The summed E-state index contributed by atoms with van der Waals surface area (Å²) in [6, 6.07) is -0.583. The fraction of sp³-hybridized carbons (Fsp3) is 0.885. The Morgan fingerprint density at radius 2 is 0.879 bits per heavy atom. The van der Waals surface area contributed by atoms with Gasteiger partial charge in [-0.1, -0.05) is 237 Å². The maximum atomic E-state index is 12.4. The largest absolute Gasteiger partial charge is 0.466 e. The lowest BCUT2D eigenvalue weighted by atomic mass is 10.0. The van der Waals surface area contributed by atoms with Gasteiger partial charge in [-0.05, 0) is 44.9 Å². The van der Waals surface area contributed by atoms with Crippen molar-refractivity contribution in [3.05, 3.63) is 24.3 Å². The highest BCUT2D eigenvalue weighted by Gasteiger charge is 2.19. The first kappa shape index (κ1) is 56.3. The van der Waals surface area contributed by atoms with Crippen LogP contribution in [0, 0.1) is 0 Å². The molecule has 2 unspecified atom stereocenters. The van der Waals surface area contributed by atoms with E-state index >= 15 is 0 Å². The molecule has 0 aromatic rings. The zero-order valence-electron chi connectivity index (χ0n) is 38.8. The summed E-state index contributed by atoms with van der Waals surface area (Å²) < 4.78 is 5.46. The second kappa shape index (κ2) is 48.0. The van der Waals surface area contributed by atoms with E-state index in [9.17, 15) is 19.8 Å². The summed E-state index contributed by atoms with van der Waals surface area (Å²) in [5, 5.41) is 23.0. The molecule has 0 aliphatic heterocycles. The second-order valence-electron chi connectivity index (χ2n) is 17.5. The summed E-state index contributed by atoms with van der Waals surface area (Å²) in [5.74, 6) is -0.130. The maximum absolute atomic E-state index is 12.4. The molecule has 6 heteroatoms. The summed E-state index contributed by atoms with van der Waals surface area (Å²) in [5.41, 5.74) is 0. The molecule has 0 spiro atoms. The highest BCUT2D eigenvalue weighted by molar-refractivity contribution is 5.76. The Hall–Kier alpha value is -1.66. The van der Waals surface area contributed by atoms with E-state index in [-0.39, 0.29) is 18.5 Å². The Morgan fingerprint density at radius 3 is 1.34 bits per heavy atom. The van der Waals surface area contributed by atoms with Crippen LogP contribution in [0.3, 0.4) is 0 Å². The summed E-state index contributed by atoms with van der Waals surface area (Å²) >= 11 is 0. The number of aliphatic hydroxyl groups is 2. The Labute approximate surface area is 361 Å². The zero-order valence-corrected chi connectivity index (χ0v) is 38.8. The Bertz CT molecular complexity index is 904. The lowest BCUT2D eigenvalue weighted by molar-refractivity contribution is -0.143. The number of hydrogen-bond donors (Lipinski definition) is 3. The second-order valence-corrected chi connectivity index (χ2v) is 17.5. The molecule has 0 heterocycles. The Morgan fingerprint density at radius 1 is 0.483 bits per heavy atom. The Balaban J connectivity index is 3.51. The number of allylic oxidation sites excluding steroid dienone is 4. The van der Waals surface area contributed by atoms with Crippen LogP contribution in [-0.2, 0) is 14.3 Å². The minimum absolute atomic E-state index is 0.0135. The molecule has 3 N–H and O–H groups in total. The van der Waals surface area contributed by atoms with Crippen LogP contribution < -0.4 is 5.32 Å². The molecule has 2 atom stereocenters. The number of esters is 1. The van der Waals surface area contributed by atoms with Crippen molar-refractivity contribution >= 4 is 11.9 Å². The summed E-state index contributed by atoms with van der Waals surface area (Å²) in [6.07, 6.45) is 55.9. The first-order valence-electron chi connectivity index (χ1n) is 25.6. The SMILES string of the molecule is CCCCCCCCCCCCCCCCCCCC(=O)OCCCCCCCC/C=C\C/C=C\CCC(=O)NC(CO)C(O)CCCCCCCCCCCCC.